The number of phosphoric ester groups is 1. The van der Waals surface area contributed by atoms with Crippen LogP contribution < -0.4 is 0 Å². The van der Waals surface area contributed by atoms with Crippen molar-refractivity contribution in [2.75, 3.05) is 26.4 Å². The minimum absolute atomic E-state index is 0.198. The van der Waals surface area contributed by atoms with E-state index < -0.39 is 58.4 Å². The molecule has 0 saturated carbocycles. The molecule has 0 rings (SSSR count). The van der Waals surface area contributed by atoms with Crippen LogP contribution >= 0.6 is 7.82 Å². The second kappa shape index (κ2) is 29.7. The Labute approximate surface area is 261 Å². The number of aliphatic hydroxyl groups is 2. The number of aliphatic hydroxyl groups excluding tert-OH is 2. The Kier molecular flexibility index (Phi) is 29.0. The van der Waals surface area contributed by atoms with Crippen LogP contribution in [0.25, 0.3) is 0 Å². The monoisotopic (exact) mass is 638 g/mol. The average Bonchev–Trinajstić information content (AvgIpc) is 2.98. The van der Waals surface area contributed by atoms with E-state index >= 15 is 0 Å². The Bertz CT molecular complexity index is 706. The van der Waals surface area contributed by atoms with E-state index in [9.17, 15) is 24.2 Å². The van der Waals surface area contributed by atoms with Crippen LogP contribution in [0.4, 0.5) is 0 Å². The fourth-order valence-electron chi connectivity index (χ4n) is 4.82. The summed E-state index contributed by atoms with van der Waals surface area (Å²) in [6, 6.07) is 0. The molecule has 3 N–H and O–H groups in total. The van der Waals surface area contributed by atoms with Crippen LogP contribution in [0.2, 0.25) is 0 Å². The average molecular weight is 639 g/mol. The molecule has 0 radical (unpaired) electrons. The zero-order valence-corrected chi connectivity index (χ0v) is 28.1. The van der Waals surface area contributed by atoms with Crippen LogP contribution in [0.3, 0.4) is 0 Å². The largest absolute Gasteiger partial charge is 0.472 e. The van der Waals surface area contributed by atoms with Gasteiger partial charge in [-0.1, -0.05) is 135 Å². The molecule has 43 heavy (non-hydrogen) atoms. The van der Waals surface area contributed by atoms with Crippen molar-refractivity contribution in [1.29, 1.82) is 0 Å². The molecule has 3 unspecified atom stereocenters. The Morgan fingerprint density at radius 2 is 0.907 bits per heavy atom. The van der Waals surface area contributed by atoms with Crippen LogP contribution in [0.1, 0.15) is 155 Å². The smallest absolute Gasteiger partial charge is 0.458 e. The Balaban J connectivity index is 3.62. The topological polar surface area (TPSA) is 149 Å². The van der Waals surface area contributed by atoms with Crippen LogP contribution in [0.5, 0.6) is 0 Å². The molecule has 11 heteroatoms. The lowest BCUT2D eigenvalue weighted by molar-refractivity contribution is -0.153. The lowest BCUT2D eigenvalue weighted by atomic mass is 10.0. The number of ether oxygens (including phenoxy) is 2. The third-order valence-corrected chi connectivity index (χ3v) is 8.32. The standard InChI is InChI=1S/C32H63O10P/c1-3-4-5-6-7-8-9-10-11-12-13-14-15-16-17-18-19-20-21-22-23-24-32(36)42-31(26-34)28-40-43(37,38)39-27-30(25-33)41-29(2)35/h30-31,33-34H,3-28H2,1-2H3,(H,37,38). The molecule has 0 fully saturated rings. The number of hydrogen-bond donors (Lipinski definition) is 3. The minimum Gasteiger partial charge on any atom is -0.458 e. The van der Waals surface area contributed by atoms with E-state index in [-0.39, 0.29) is 6.42 Å². The summed E-state index contributed by atoms with van der Waals surface area (Å²) in [5, 5.41) is 18.5. The first-order valence-electron chi connectivity index (χ1n) is 16.9. The molecule has 10 nitrogen and oxygen atoms in total. The Morgan fingerprint density at radius 1 is 0.581 bits per heavy atom. The highest BCUT2D eigenvalue weighted by atomic mass is 31.2. The van der Waals surface area contributed by atoms with Crippen LogP contribution in [-0.2, 0) is 32.7 Å². The molecule has 0 heterocycles. The van der Waals surface area contributed by atoms with Crippen LogP contribution in [0.15, 0.2) is 0 Å². The number of phosphoric acid groups is 1. The lowest BCUT2D eigenvalue weighted by Crippen LogP contribution is -2.28. The van der Waals surface area contributed by atoms with Gasteiger partial charge in [0.25, 0.3) is 0 Å². The van der Waals surface area contributed by atoms with Crippen molar-refractivity contribution in [1.82, 2.24) is 0 Å². The highest BCUT2D eigenvalue weighted by Gasteiger charge is 2.27. The van der Waals surface area contributed by atoms with E-state index in [0.717, 1.165) is 26.2 Å². The van der Waals surface area contributed by atoms with Gasteiger partial charge in [0.2, 0.25) is 0 Å². The third-order valence-electron chi connectivity index (χ3n) is 7.37. The maximum atomic E-state index is 12.1. The molecular formula is C32H63O10P. The van der Waals surface area contributed by atoms with E-state index in [1.165, 1.54) is 109 Å². The summed E-state index contributed by atoms with van der Waals surface area (Å²) in [6.07, 6.45) is 25.0. The van der Waals surface area contributed by atoms with Crippen molar-refractivity contribution in [3.8, 4) is 0 Å². The first-order valence-corrected chi connectivity index (χ1v) is 18.4. The summed E-state index contributed by atoms with van der Waals surface area (Å²) in [5.41, 5.74) is 0. The predicted octanol–water partition coefficient (Wildman–Crippen LogP) is 7.55. The van der Waals surface area contributed by atoms with Crippen molar-refractivity contribution >= 4 is 19.8 Å². The van der Waals surface area contributed by atoms with Crippen LogP contribution in [0, 0.1) is 0 Å². The lowest BCUT2D eigenvalue weighted by Gasteiger charge is -2.20. The second-order valence-electron chi connectivity index (χ2n) is 11.6. The van der Waals surface area contributed by atoms with E-state index in [1.807, 2.05) is 0 Å². The molecule has 0 bridgehead atoms. The summed E-state index contributed by atoms with van der Waals surface area (Å²) in [4.78, 5) is 32.7. The SMILES string of the molecule is CCCCCCCCCCCCCCCCCCCCCCCC(=O)OC(CO)COP(=O)(O)OCC(CO)OC(C)=O. The quantitative estimate of drug-likeness (QED) is 0.0383. The van der Waals surface area contributed by atoms with Crippen molar-refractivity contribution in [3.05, 3.63) is 0 Å². The van der Waals surface area contributed by atoms with Gasteiger partial charge in [-0.25, -0.2) is 4.57 Å². The van der Waals surface area contributed by atoms with Gasteiger partial charge in [-0.15, -0.1) is 0 Å². The van der Waals surface area contributed by atoms with Gasteiger partial charge in [0.15, 0.2) is 0 Å². The molecule has 0 aliphatic heterocycles. The van der Waals surface area contributed by atoms with Gasteiger partial charge in [-0.05, 0) is 6.42 Å². The number of unbranched alkanes of at least 4 members (excludes halogenated alkanes) is 20. The number of carbonyl (C=O) groups excluding carboxylic acids is 2. The molecule has 0 aromatic carbocycles. The van der Waals surface area contributed by atoms with Crippen LogP contribution in [-0.4, -0.2) is 65.7 Å². The highest BCUT2D eigenvalue weighted by Crippen LogP contribution is 2.43. The summed E-state index contributed by atoms with van der Waals surface area (Å²) >= 11 is 0. The Morgan fingerprint density at radius 3 is 1.23 bits per heavy atom. The van der Waals surface area contributed by atoms with E-state index in [1.54, 1.807) is 0 Å². The summed E-state index contributed by atoms with van der Waals surface area (Å²) in [7, 11) is -4.58. The molecule has 0 aromatic heterocycles. The van der Waals surface area contributed by atoms with Crippen molar-refractivity contribution in [3.63, 3.8) is 0 Å². The minimum atomic E-state index is -4.58. The number of esters is 2. The number of carbonyl (C=O) groups is 2. The van der Waals surface area contributed by atoms with Gasteiger partial charge in [0.1, 0.15) is 12.2 Å². The van der Waals surface area contributed by atoms with Gasteiger partial charge in [0, 0.05) is 13.3 Å². The zero-order chi connectivity index (χ0) is 32.0. The number of rotatable bonds is 32. The molecular weight excluding hydrogens is 575 g/mol. The van der Waals surface area contributed by atoms with Crippen molar-refractivity contribution in [2.24, 2.45) is 0 Å². The Hall–Kier alpha value is -1.03. The summed E-state index contributed by atoms with van der Waals surface area (Å²) in [5.74, 6) is -1.19. The number of hydrogen-bond acceptors (Lipinski definition) is 9. The van der Waals surface area contributed by atoms with Gasteiger partial charge >= 0.3 is 19.8 Å². The normalized spacial score (nSPS) is 14.3. The van der Waals surface area contributed by atoms with Crippen molar-refractivity contribution in [2.45, 2.75) is 167 Å². The zero-order valence-electron chi connectivity index (χ0n) is 27.2. The first-order chi connectivity index (χ1) is 20.7. The van der Waals surface area contributed by atoms with Gasteiger partial charge in [-0.3, -0.25) is 18.6 Å². The fraction of sp³-hybridized carbons (Fsp3) is 0.938. The third kappa shape index (κ3) is 29.4. The van der Waals surface area contributed by atoms with Gasteiger partial charge in [0.05, 0.1) is 26.4 Å². The first kappa shape index (κ1) is 42.0. The fourth-order valence-corrected chi connectivity index (χ4v) is 5.60. The van der Waals surface area contributed by atoms with Gasteiger partial charge in [-0.2, -0.15) is 0 Å². The molecule has 3 atom stereocenters. The molecule has 256 valence electrons. The maximum absolute atomic E-state index is 12.1. The molecule has 0 amide bonds. The molecule has 0 saturated heterocycles. The summed E-state index contributed by atoms with van der Waals surface area (Å²) in [6.45, 7) is 1.10. The van der Waals surface area contributed by atoms with E-state index in [2.05, 4.69) is 11.4 Å². The van der Waals surface area contributed by atoms with Gasteiger partial charge < -0.3 is 24.6 Å². The molecule has 0 aliphatic carbocycles. The van der Waals surface area contributed by atoms with E-state index in [0.29, 0.717) is 6.42 Å². The highest BCUT2D eigenvalue weighted by molar-refractivity contribution is 7.47. The van der Waals surface area contributed by atoms with Crippen molar-refractivity contribution < 1.29 is 47.8 Å². The summed E-state index contributed by atoms with van der Waals surface area (Å²) < 4.78 is 31.2. The second-order valence-corrected chi connectivity index (χ2v) is 13.0. The molecule has 0 aliphatic rings. The molecule has 0 aromatic rings. The van der Waals surface area contributed by atoms with E-state index in [4.69, 9.17) is 19.1 Å². The predicted molar refractivity (Wildman–Crippen MR) is 169 cm³/mol. The molecule has 0 spiro atoms. The maximum Gasteiger partial charge on any atom is 0.472 e.